The van der Waals surface area contributed by atoms with Crippen molar-refractivity contribution in [3.05, 3.63) is 24.3 Å². The third kappa shape index (κ3) is 2.06. The van der Waals surface area contributed by atoms with Gasteiger partial charge < -0.3 is 14.4 Å². The fourth-order valence-electron chi connectivity index (χ4n) is 2.07. The van der Waals surface area contributed by atoms with Gasteiger partial charge in [-0.3, -0.25) is 4.98 Å². The van der Waals surface area contributed by atoms with Crippen LogP contribution >= 0.6 is 0 Å². The van der Waals surface area contributed by atoms with E-state index in [9.17, 15) is 4.79 Å². The van der Waals surface area contributed by atoms with Crippen LogP contribution in [0.1, 0.15) is 24.7 Å². The summed E-state index contributed by atoms with van der Waals surface area (Å²) in [5.74, 6) is -0.188. The van der Waals surface area contributed by atoms with Crippen molar-refractivity contribution < 1.29 is 14.6 Å². The molecule has 3 rings (SSSR count). The zero-order chi connectivity index (χ0) is 12.5. The Balaban J connectivity index is 1.90. The maximum Gasteiger partial charge on any atom is 0.329 e. The summed E-state index contributed by atoms with van der Waals surface area (Å²) in [5.41, 5.74) is 1.87. The molecule has 6 heteroatoms. The van der Waals surface area contributed by atoms with Crippen LogP contribution in [0.2, 0.25) is 0 Å². The first kappa shape index (κ1) is 11.2. The summed E-state index contributed by atoms with van der Waals surface area (Å²) in [7, 11) is 0. The first-order valence-corrected chi connectivity index (χ1v) is 5.86. The minimum Gasteiger partial charge on any atom is -0.480 e. The van der Waals surface area contributed by atoms with E-state index in [1.54, 1.807) is 12.4 Å². The van der Waals surface area contributed by atoms with Gasteiger partial charge in [0.1, 0.15) is 24.6 Å². The number of carboxylic acids is 1. The maximum absolute atomic E-state index is 10.4. The minimum absolute atomic E-state index is 0.220. The van der Waals surface area contributed by atoms with E-state index < -0.39 is 5.97 Å². The molecule has 0 amide bonds. The number of aliphatic carboxylic acids is 1. The number of aromatic nitrogens is 3. The van der Waals surface area contributed by atoms with Crippen molar-refractivity contribution in [3.63, 3.8) is 0 Å². The van der Waals surface area contributed by atoms with Crippen LogP contribution < -0.4 is 0 Å². The molecule has 18 heavy (non-hydrogen) atoms. The maximum atomic E-state index is 10.4. The molecule has 2 heterocycles. The van der Waals surface area contributed by atoms with Gasteiger partial charge in [0.2, 0.25) is 0 Å². The van der Waals surface area contributed by atoms with Gasteiger partial charge in [-0.1, -0.05) is 0 Å². The highest BCUT2D eigenvalue weighted by Gasteiger charge is 2.28. The number of ether oxygens (including phenoxy) is 1. The van der Waals surface area contributed by atoms with Gasteiger partial charge in [-0.25, -0.2) is 9.78 Å². The van der Waals surface area contributed by atoms with Gasteiger partial charge in [-0.05, 0) is 18.9 Å². The Bertz CT molecular complexity index is 589. The highest BCUT2D eigenvalue weighted by atomic mass is 16.5. The van der Waals surface area contributed by atoms with Crippen LogP contribution in [0.3, 0.4) is 0 Å². The lowest BCUT2D eigenvalue weighted by atomic mass is 10.4. The Labute approximate surface area is 103 Å². The monoisotopic (exact) mass is 247 g/mol. The number of hydrogen-bond donors (Lipinski definition) is 1. The Kier molecular flexibility index (Phi) is 2.71. The van der Waals surface area contributed by atoms with Crippen LogP contribution in [-0.4, -0.2) is 32.2 Å². The molecule has 2 aromatic rings. The zero-order valence-electron chi connectivity index (χ0n) is 9.74. The zero-order valence-corrected chi connectivity index (χ0v) is 9.74. The second-order valence-electron chi connectivity index (χ2n) is 4.38. The summed E-state index contributed by atoms with van der Waals surface area (Å²) in [4.78, 5) is 18.9. The largest absolute Gasteiger partial charge is 0.480 e. The quantitative estimate of drug-likeness (QED) is 0.863. The molecule has 1 N–H and O–H groups in total. The molecule has 0 atom stereocenters. The minimum atomic E-state index is -0.967. The average Bonchev–Trinajstić information content (AvgIpc) is 3.10. The SMILES string of the molecule is O=C(O)COCc1nc2cnccc2n1C1CC1. The van der Waals surface area contributed by atoms with Crippen LogP contribution in [0.4, 0.5) is 0 Å². The Morgan fingerprint density at radius 1 is 1.56 bits per heavy atom. The van der Waals surface area contributed by atoms with Crippen molar-refractivity contribution in [3.8, 4) is 0 Å². The van der Waals surface area contributed by atoms with Gasteiger partial charge >= 0.3 is 5.97 Å². The lowest BCUT2D eigenvalue weighted by Gasteiger charge is -2.07. The van der Waals surface area contributed by atoms with Crippen molar-refractivity contribution in [2.75, 3.05) is 6.61 Å². The summed E-state index contributed by atoms with van der Waals surface area (Å²) in [6.07, 6.45) is 5.74. The van der Waals surface area contributed by atoms with E-state index in [1.165, 1.54) is 0 Å². The molecule has 1 aliphatic rings. The lowest BCUT2D eigenvalue weighted by Crippen LogP contribution is -2.10. The number of carboxylic acid groups (broad SMARTS) is 1. The Morgan fingerprint density at radius 3 is 3.11 bits per heavy atom. The molecule has 94 valence electrons. The molecule has 0 spiro atoms. The number of pyridine rings is 1. The summed E-state index contributed by atoms with van der Waals surface area (Å²) in [6.45, 7) is -0.0798. The van der Waals surface area contributed by atoms with E-state index in [-0.39, 0.29) is 13.2 Å². The highest BCUT2D eigenvalue weighted by molar-refractivity contribution is 5.75. The summed E-state index contributed by atoms with van der Waals surface area (Å²) >= 11 is 0. The van der Waals surface area contributed by atoms with Gasteiger partial charge in [-0.2, -0.15) is 0 Å². The fraction of sp³-hybridized carbons (Fsp3) is 0.417. The number of carbonyl (C=O) groups is 1. The van der Waals surface area contributed by atoms with Crippen LogP contribution in [0.15, 0.2) is 18.5 Å². The summed E-state index contributed by atoms with van der Waals surface area (Å²) in [6, 6.07) is 2.40. The Morgan fingerprint density at radius 2 is 2.39 bits per heavy atom. The molecule has 0 aromatic carbocycles. The number of nitrogens with zero attached hydrogens (tertiary/aromatic N) is 3. The van der Waals surface area contributed by atoms with E-state index >= 15 is 0 Å². The van der Waals surface area contributed by atoms with Crippen molar-refractivity contribution in [2.24, 2.45) is 0 Å². The van der Waals surface area contributed by atoms with Crippen LogP contribution in [0.25, 0.3) is 11.0 Å². The predicted molar refractivity (Wildman–Crippen MR) is 63.1 cm³/mol. The number of imidazole rings is 1. The van der Waals surface area contributed by atoms with E-state index in [1.807, 2.05) is 6.07 Å². The molecule has 0 unspecified atom stereocenters. The average molecular weight is 247 g/mol. The van der Waals surface area contributed by atoms with E-state index in [2.05, 4.69) is 14.5 Å². The Hall–Kier alpha value is -1.95. The molecule has 0 radical (unpaired) electrons. The van der Waals surface area contributed by atoms with Crippen molar-refractivity contribution in [2.45, 2.75) is 25.5 Å². The van der Waals surface area contributed by atoms with Gasteiger partial charge in [0.15, 0.2) is 0 Å². The third-order valence-electron chi connectivity index (χ3n) is 2.93. The predicted octanol–water partition coefficient (Wildman–Crippen LogP) is 1.37. The van der Waals surface area contributed by atoms with Gasteiger partial charge in [0.05, 0.1) is 11.7 Å². The van der Waals surface area contributed by atoms with Crippen molar-refractivity contribution >= 4 is 17.0 Å². The van der Waals surface area contributed by atoms with E-state index in [0.29, 0.717) is 6.04 Å². The van der Waals surface area contributed by atoms with Crippen molar-refractivity contribution in [1.82, 2.24) is 14.5 Å². The molecule has 2 aromatic heterocycles. The van der Waals surface area contributed by atoms with Crippen molar-refractivity contribution in [1.29, 1.82) is 0 Å². The molecule has 6 nitrogen and oxygen atoms in total. The van der Waals surface area contributed by atoms with Crippen LogP contribution in [-0.2, 0) is 16.1 Å². The summed E-state index contributed by atoms with van der Waals surface area (Å²) < 4.78 is 7.26. The molecule has 1 saturated carbocycles. The molecule has 1 fully saturated rings. The summed E-state index contributed by atoms with van der Waals surface area (Å²) in [5, 5.41) is 8.56. The van der Waals surface area contributed by atoms with Crippen LogP contribution in [0, 0.1) is 0 Å². The second kappa shape index (κ2) is 4.38. The first-order chi connectivity index (χ1) is 8.75. The fourth-order valence-corrected chi connectivity index (χ4v) is 2.07. The second-order valence-corrected chi connectivity index (χ2v) is 4.38. The normalized spacial score (nSPS) is 15.1. The molecule has 0 saturated heterocycles. The molecule has 1 aliphatic carbocycles. The lowest BCUT2D eigenvalue weighted by molar-refractivity contribution is -0.142. The molecule has 0 aliphatic heterocycles. The number of hydrogen-bond acceptors (Lipinski definition) is 4. The smallest absolute Gasteiger partial charge is 0.329 e. The molecule has 0 bridgehead atoms. The molecular weight excluding hydrogens is 234 g/mol. The van der Waals surface area contributed by atoms with Gasteiger partial charge in [0, 0.05) is 12.2 Å². The van der Waals surface area contributed by atoms with Gasteiger partial charge in [0.25, 0.3) is 0 Å². The highest BCUT2D eigenvalue weighted by Crippen LogP contribution is 2.38. The number of rotatable bonds is 5. The topological polar surface area (TPSA) is 77.2 Å². The molecular formula is C12H13N3O3. The standard InChI is InChI=1S/C12H13N3O3/c16-12(17)7-18-6-11-14-9-5-13-4-3-10(9)15(11)8-1-2-8/h3-5,8H,1-2,6-7H2,(H,16,17). The third-order valence-corrected chi connectivity index (χ3v) is 2.93. The van der Waals surface area contributed by atoms with Gasteiger partial charge in [-0.15, -0.1) is 0 Å². The van der Waals surface area contributed by atoms with Crippen LogP contribution in [0.5, 0.6) is 0 Å². The van der Waals surface area contributed by atoms with E-state index in [4.69, 9.17) is 9.84 Å². The number of fused-ring (bicyclic) bond motifs is 1. The first-order valence-electron chi connectivity index (χ1n) is 5.86. The van der Waals surface area contributed by atoms with E-state index in [0.717, 1.165) is 29.7 Å².